The lowest BCUT2D eigenvalue weighted by Crippen LogP contribution is -2.48. The van der Waals surface area contributed by atoms with Crippen LogP contribution in [-0.2, 0) is 21.9 Å². The number of likely N-dealkylation sites (N-methyl/N-ethyl adjacent to an activating group) is 1. The summed E-state index contributed by atoms with van der Waals surface area (Å²) in [6.07, 6.45) is 0. The maximum Gasteiger partial charge on any atom is 0.242 e. The van der Waals surface area contributed by atoms with Crippen LogP contribution in [0, 0.1) is 6.92 Å². The molecule has 29 heavy (non-hydrogen) atoms. The Balaban J connectivity index is 2.06. The quantitative estimate of drug-likeness (QED) is 0.576. The highest BCUT2D eigenvalue weighted by Crippen LogP contribution is 2.25. The summed E-state index contributed by atoms with van der Waals surface area (Å²) >= 11 is 13.6. The monoisotopic (exact) mass is 452 g/mol. The minimum Gasteiger partial charge on any atom is -0.355 e. The van der Waals surface area contributed by atoms with Crippen molar-refractivity contribution in [2.75, 3.05) is 12.3 Å². The fourth-order valence-corrected chi connectivity index (χ4v) is 4.23. The number of carbonyl (C=O) groups excluding carboxylic acids is 2. The van der Waals surface area contributed by atoms with Crippen LogP contribution in [0.3, 0.4) is 0 Å². The van der Waals surface area contributed by atoms with Crippen LogP contribution >= 0.6 is 35.0 Å². The zero-order valence-corrected chi connectivity index (χ0v) is 19.2. The largest absolute Gasteiger partial charge is 0.355 e. The van der Waals surface area contributed by atoms with E-state index in [4.69, 9.17) is 23.2 Å². The summed E-state index contributed by atoms with van der Waals surface area (Å²) in [5.74, 6) is 0.614. The molecule has 2 amide bonds. The van der Waals surface area contributed by atoms with Crippen LogP contribution in [0.5, 0.6) is 0 Å². The molecule has 0 aliphatic carbocycles. The lowest BCUT2D eigenvalue weighted by molar-refractivity contribution is -0.138. The molecule has 2 aromatic rings. The van der Waals surface area contributed by atoms with Gasteiger partial charge < -0.3 is 10.2 Å². The standard InChI is InChI=1S/C22H26Cl2N2O2S/c1-4-25-22(28)16(3)26(12-17-7-5-15(2)6-8-17)21(27)14-29-13-18-9-10-19(23)11-20(18)24/h5-11,16H,4,12-14H2,1-3H3,(H,25,28)/t16-/m1/s1. The molecule has 0 radical (unpaired) electrons. The van der Waals surface area contributed by atoms with Gasteiger partial charge in [-0.2, -0.15) is 0 Å². The van der Waals surface area contributed by atoms with Gasteiger partial charge in [-0.1, -0.05) is 59.1 Å². The Labute approximate surface area is 187 Å². The molecular weight excluding hydrogens is 427 g/mol. The van der Waals surface area contributed by atoms with Crippen LogP contribution in [0.2, 0.25) is 10.0 Å². The number of carbonyl (C=O) groups is 2. The van der Waals surface area contributed by atoms with Gasteiger partial charge in [0.2, 0.25) is 11.8 Å². The first-order valence-corrected chi connectivity index (χ1v) is 11.4. The van der Waals surface area contributed by atoms with E-state index < -0.39 is 6.04 Å². The lowest BCUT2D eigenvalue weighted by Gasteiger charge is -2.28. The topological polar surface area (TPSA) is 49.4 Å². The highest BCUT2D eigenvalue weighted by Gasteiger charge is 2.25. The fourth-order valence-electron chi connectivity index (χ4n) is 2.76. The first kappa shape index (κ1) is 23.6. The molecule has 0 heterocycles. The molecule has 0 saturated carbocycles. The minimum absolute atomic E-state index is 0.0839. The Morgan fingerprint density at radius 2 is 1.83 bits per heavy atom. The third-order valence-electron chi connectivity index (χ3n) is 4.49. The zero-order chi connectivity index (χ0) is 21.4. The van der Waals surface area contributed by atoms with E-state index in [1.165, 1.54) is 11.8 Å². The van der Waals surface area contributed by atoms with Crippen molar-refractivity contribution in [3.05, 3.63) is 69.2 Å². The number of nitrogens with one attached hydrogen (secondary N) is 1. The normalized spacial score (nSPS) is 11.8. The molecule has 4 nitrogen and oxygen atoms in total. The lowest BCUT2D eigenvalue weighted by atomic mass is 10.1. The molecule has 0 unspecified atom stereocenters. The van der Waals surface area contributed by atoms with Crippen molar-refractivity contribution in [2.45, 2.75) is 39.1 Å². The maximum absolute atomic E-state index is 13.0. The van der Waals surface area contributed by atoms with Crippen molar-refractivity contribution in [1.29, 1.82) is 0 Å². The summed E-state index contributed by atoms with van der Waals surface area (Å²) in [4.78, 5) is 27.0. The van der Waals surface area contributed by atoms with Crippen LogP contribution in [0.25, 0.3) is 0 Å². The molecule has 1 N–H and O–H groups in total. The molecule has 0 bridgehead atoms. The Kier molecular flexibility index (Phi) is 9.34. The first-order chi connectivity index (χ1) is 13.8. The average Bonchev–Trinajstić information content (AvgIpc) is 2.68. The predicted octanol–water partition coefficient (Wildman–Crippen LogP) is 5.09. The van der Waals surface area contributed by atoms with Gasteiger partial charge in [0.1, 0.15) is 6.04 Å². The average molecular weight is 453 g/mol. The molecule has 0 fully saturated rings. The van der Waals surface area contributed by atoms with E-state index in [0.29, 0.717) is 28.9 Å². The van der Waals surface area contributed by atoms with Crippen molar-refractivity contribution in [1.82, 2.24) is 10.2 Å². The van der Waals surface area contributed by atoms with Crippen molar-refractivity contribution in [3.8, 4) is 0 Å². The van der Waals surface area contributed by atoms with Crippen molar-refractivity contribution < 1.29 is 9.59 Å². The second-order valence-corrected chi connectivity index (χ2v) is 8.64. The van der Waals surface area contributed by atoms with Gasteiger partial charge in [0.05, 0.1) is 5.75 Å². The van der Waals surface area contributed by atoms with Gasteiger partial charge in [-0.15, -0.1) is 11.8 Å². The summed E-state index contributed by atoms with van der Waals surface area (Å²) in [5.41, 5.74) is 3.07. The van der Waals surface area contributed by atoms with E-state index in [1.54, 1.807) is 24.0 Å². The summed E-state index contributed by atoms with van der Waals surface area (Å²) < 4.78 is 0. The number of hydrogen-bond acceptors (Lipinski definition) is 3. The van der Waals surface area contributed by atoms with E-state index in [-0.39, 0.29) is 17.6 Å². The summed E-state index contributed by atoms with van der Waals surface area (Å²) in [5, 5.41) is 3.97. The fraction of sp³-hybridized carbons (Fsp3) is 0.364. The summed E-state index contributed by atoms with van der Waals surface area (Å²) in [6.45, 7) is 6.56. The predicted molar refractivity (Wildman–Crippen MR) is 122 cm³/mol. The molecule has 1 atom stereocenters. The first-order valence-electron chi connectivity index (χ1n) is 9.46. The van der Waals surface area contributed by atoms with E-state index in [1.807, 2.05) is 44.2 Å². The molecular formula is C22H26Cl2N2O2S. The molecule has 2 rings (SSSR count). The van der Waals surface area contributed by atoms with Gasteiger partial charge in [-0.3, -0.25) is 9.59 Å². The molecule has 0 aliphatic heterocycles. The number of aryl methyl sites for hydroxylation is 1. The SMILES string of the molecule is CCNC(=O)[C@@H](C)N(Cc1ccc(C)cc1)C(=O)CSCc1ccc(Cl)cc1Cl. The third kappa shape index (κ3) is 7.25. The Hall–Kier alpha value is -1.69. The molecule has 0 spiro atoms. The number of rotatable bonds is 9. The molecule has 156 valence electrons. The number of benzene rings is 2. The Morgan fingerprint density at radius 1 is 1.14 bits per heavy atom. The second kappa shape index (κ2) is 11.5. The van der Waals surface area contributed by atoms with Gasteiger partial charge >= 0.3 is 0 Å². The van der Waals surface area contributed by atoms with E-state index in [0.717, 1.165) is 16.7 Å². The molecule has 0 aromatic heterocycles. The molecule has 2 aromatic carbocycles. The highest BCUT2D eigenvalue weighted by atomic mass is 35.5. The van der Waals surface area contributed by atoms with E-state index >= 15 is 0 Å². The Bertz CT molecular complexity index is 843. The van der Waals surface area contributed by atoms with Crippen molar-refractivity contribution in [2.24, 2.45) is 0 Å². The second-order valence-electron chi connectivity index (χ2n) is 6.81. The van der Waals surface area contributed by atoms with Crippen LogP contribution < -0.4 is 5.32 Å². The van der Waals surface area contributed by atoms with E-state index in [9.17, 15) is 9.59 Å². The van der Waals surface area contributed by atoms with Crippen LogP contribution in [0.4, 0.5) is 0 Å². The Morgan fingerprint density at radius 3 is 2.45 bits per heavy atom. The smallest absolute Gasteiger partial charge is 0.242 e. The molecule has 7 heteroatoms. The van der Waals surface area contributed by atoms with E-state index in [2.05, 4.69) is 5.32 Å². The molecule has 0 saturated heterocycles. The van der Waals surface area contributed by atoms with Crippen molar-refractivity contribution in [3.63, 3.8) is 0 Å². The van der Waals surface area contributed by atoms with Gasteiger partial charge in [-0.25, -0.2) is 0 Å². The van der Waals surface area contributed by atoms with Crippen LogP contribution in [-0.4, -0.2) is 35.1 Å². The minimum atomic E-state index is -0.552. The summed E-state index contributed by atoms with van der Waals surface area (Å²) in [7, 11) is 0. The van der Waals surface area contributed by atoms with Crippen LogP contribution in [0.15, 0.2) is 42.5 Å². The van der Waals surface area contributed by atoms with Crippen molar-refractivity contribution >= 4 is 46.8 Å². The number of nitrogens with zero attached hydrogens (tertiary/aromatic N) is 1. The van der Waals surface area contributed by atoms with Gasteiger partial charge in [0, 0.05) is 28.9 Å². The van der Waals surface area contributed by atoms with Gasteiger partial charge in [0.25, 0.3) is 0 Å². The van der Waals surface area contributed by atoms with Gasteiger partial charge in [-0.05, 0) is 44.0 Å². The number of thioether (sulfide) groups is 1. The number of halogens is 2. The summed E-state index contributed by atoms with van der Waals surface area (Å²) in [6, 6.07) is 12.8. The van der Waals surface area contributed by atoms with Crippen LogP contribution in [0.1, 0.15) is 30.5 Å². The number of hydrogen-bond donors (Lipinski definition) is 1. The third-order valence-corrected chi connectivity index (χ3v) is 6.04. The highest BCUT2D eigenvalue weighted by molar-refractivity contribution is 7.99. The zero-order valence-electron chi connectivity index (χ0n) is 16.9. The maximum atomic E-state index is 13.0. The number of amides is 2. The van der Waals surface area contributed by atoms with Gasteiger partial charge in [0.15, 0.2) is 0 Å². The molecule has 0 aliphatic rings.